The van der Waals surface area contributed by atoms with Gasteiger partial charge in [-0.25, -0.2) is 0 Å². The van der Waals surface area contributed by atoms with Gasteiger partial charge in [0, 0.05) is 58.8 Å². The Morgan fingerprint density at radius 3 is 2.66 bits per heavy atom. The number of ether oxygens (including phenoxy) is 2. The average Bonchev–Trinajstić information content (AvgIpc) is 3.55. The van der Waals surface area contributed by atoms with E-state index in [1.807, 2.05) is 12.1 Å². The van der Waals surface area contributed by atoms with Gasteiger partial charge < -0.3 is 24.1 Å². The van der Waals surface area contributed by atoms with Crippen molar-refractivity contribution >= 4 is 5.96 Å². The third kappa shape index (κ3) is 7.78. The first-order valence-electron chi connectivity index (χ1n) is 12.8. The van der Waals surface area contributed by atoms with Crippen LogP contribution >= 0.6 is 0 Å². The summed E-state index contributed by atoms with van der Waals surface area (Å²) < 4.78 is 17.2. The van der Waals surface area contributed by atoms with Crippen molar-refractivity contribution < 1.29 is 13.9 Å². The van der Waals surface area contributed by atoms with E-state index in [1.165, 1.54) is 25.7 Å². The van der Waals surface area contributed by atoms with E-state index in [-0.39, 0.29) is 0 Å². The van der Waals surface area contributed by atoms with Gasteiger partial charge in [0.25, 0.3) is 0 Å². The Balaban J connectivity index is 1.21. The fraction of sp³-hybridized carbons (Fsp3) is 0.800. The number of furan rings is 1. The van der Waals surface area contributed by atoms with Crippen molar-refractivity contribution in [1.82, 2.24) is 15.1 Å². The number of nitrogens with zero attached hydrogens (tertiary/aromatic N) is 3. The Morgan fingerprint density at radius 2 is 1.91 bits per heavy atom. The second-order valence-electron chi connectivity index (χ2n) is 9.44. The first-order valence-corrected chi connectivity index (χ1v) is 12.8. The lowest BCUT2D eigenvalue weighted by molar-refractivity contribution is 0.000999. The van der Waals surface area contributed by atoms with Crippen molar-refractivity contribution in [1.29, 1.82) is 0 Å². The van der Waals surface area contributed by atoms with E-state index in [0.717, 1.165) is 109 Å². The molecule has 0 atom stereocenters. The van der Waals surface area contributed by atoms with Crippen LogP contribution in [0.25, 0.3) is 0 Å². The number of guanidine groups is 1. The highest BCUT2D eigenvalue weighted by Gasteiger charge is 2.24. The Hall–Kier alpha value is -1.57. The fourth-order valence-electron chi connectivity index (χ4n) is 5.01. The van der Waals surface area contributed by atoms with Gasteiger partial charge in [-0.2, -0.15) is 0 Å². The van der Waals surface area contributed by atoms with Gasteiger partial charge in [-0.05, 0) is 50.2 Å². The van der Waals surface area contributed by atoms with Crippen LogP contribution in [0.2, 0.25) is 0 Å². The molecule has 7 nitrogen and oxygen atoms in total. The standard InChI is InChI=1S/C25H42N4O3/c1-2-6-22(5-1)21-32-24-9-14-29(15-10-24)25(27-12-8-23-7-3-18-31-23)26-11-4-13-28-16-19-30-20-17-28/h3,7,18,22,24H,1-2,4-6,8-17,19-21H2,(H,26,27). The van der Waals surface area contributed by atoms with Crippen molar-refractivity contribution in [2.75, 3.05) is 65.6 Å². The van der Waals surface area contributed by atoms with Gasteiger partial charge in [0.2, 0.25) is 0 Å². The summed E-state index contributed by atoms with van der Waals surface area (Å²) in [6.45, 7) is 9.63. The maximum atomic E-state index is 6.28. The van der Waals surface area contributed by atoms with Crippen LogP contribution in [0.1, 0.15) is 50.7 Å². The second kappa shape index (κ2) is 13.2. The van der Waals surface area contributed by atoms with Crippen molar-refractivity contribution in [3.8, 4) is 0 Å². The zero-order valence-electron chi connectivity index (χ0n) is 19.7. The molecule has 1 aliphatic carbocycles. The predicted octanol–water partition coefficient (Wildman–Crippen LogP) is 3.16. The number of piperidine rings is 1. The molecule has 0 aromatic carbocycles. The molecule has 4 rings (SSSR count). The number of likely N-dealkylation sites (tertiary alicyclic amines) is 1. The van der Waals surface area contributed by atoms with Crippen LogP contribution in [-0.4, -0.2) is 87.5 Å². The van der Waals surface area contributed by atoms with Gasteiger partial charge in [-0.15, -0.1) is 0 Å². The van der Waals surface area contributed by atoms with Crippen molar-refractivity contribution in [3.63, 3.8) is 0 Å². The third-order valence-electron chi connectivity index (χ3n) is 7.02. The van der Waals surface area contributed by atoms with E-state index in [0.29, 0.717) is 6.10 Å². The molecular weight excluding hydrogens is 404 g/mol. The molecule has 1 saturated carbocycles. The molecule has 2 aliphatic heterocycles. The summed E-state index contributed by atoms with van der Waals surface area (Å²) in [6, 6.07) is 3.99. The first-order chi connectivity index (χ1) is 15.9. The number of morpholine rings is 1. The summed E-state index contributed by atoms with van der Waals surface area (Å²) in [5.41, 5.74) is 0. The predicted molar refractivity (Wildman–Crippen MR) is 127 cm³/mol. The summed E-state index contributed by atoms with van der Waals surface area (Å²) in [6.07, 6.45) is 11.8. The molecule has 0 radical (unpaired) electrons. The zero-order valence-corrected chi connectivity index (χ0v) is 19.7. The van der Waals surface area contributed by atoms with Crippen molar-refractivity contribution in [3.05, 3.63) is 24.2 Å². The zero-order chi connectivity index (χ0) is 21.8. The fourth-order valence-corrected chi connectivity index (χ4v) is 5.01. The third-order valence-corrected chi connectivity index (χ3v) is 7.02. The number of hydrogen-bond acceptors (Lipinski definition) is 5. The molecule has 1 aromatic heterocycles. The second-order valence-corrected chi connectivity index (χ2v) is 9.44. The van der Waals surface area contributed by atoms with Gasteiger partial charge in [0.05, 0.1) is 25.6 Å². The van der Waals surface area contributed by atoms with Crippen LogP contribution in [0.4, 0.5) is 0 Å². The van der Waals surface area contributed by atoms with E-state index < -0.39 is 0 Å². The highest BCUT2D eigenvalue weighted by atomic mass is 16.5. The van der Waals surface area contributed by atoms with Crippen molar-refractivity contribution in [2.24, 2.45) is 10.9 Å². The lowest BCUT2D eigenvalue weighted by Gasteiger charge is -2.34. The molecule has 0 amide bonds. The molecular formula is C25H42N4O3. The van der Waals surface area contributed by atoms with Crippen molar-refractivity contribution in [2.45, 2.75) is 57.5 Å². The van der Waals surface area contributed by atoms with Gasteiger partial charge in [0.15, 0.2) is 5.96 Å². The molecule has 2 saturated heterocycles. The lowest BCUT2D eigenvalue weighted by Crippen LogP contribution is -2.47. The molecule has 1 aromatic rings. The topological polar surface area (TPSA) is 62.5 Å². The SMILES string of the molecule is c1coc(CCNC(=NCCCN2CCOCC2)N2CCC(OCC3CCCC3)CC2)c1. The number of hydrogen-bond donors (Lipinski definition) is 1. The van der Waals surface area contributed by atoms with Crippen LogP contribution in [0.3, 0.4) is 0 Å². The van der Waals surface area contributed by atoms with Crippen LogP contribution in [0.15, 0.2) is 27.8 Å². The Bertz CT molecular complexity index is 646. The molecule has 180 valence electrons. The largest absolute Gasteiger partial charge is 0.469 e. The quantitative estimate of drug-likeness (QED) is 0.338. The minimum Gasteiger partial charge on any atom is -0.469 e. The molecule has 3 heterocycles. The Labute approximate surface area is 193 Å². The van der Waals surface area contributed by atoms with E-state index in [2.05, 4.69) is 15.1 Å². The number of nitrogens with one attached hydrogen (secondary N) is 1. The van der Waals surface area contributed by atoms with E-state index in [9.17, 15) is 0 Å². The molecule has 0 unspecified atom stereocenters. The van der Waals surface area contributed by atoms with Gasteiger partial charge >= 0.3 is 0 Å². The summed E-state index contributed by atoms with van der Waals surface area (Å²) in [5, 5.41) is 3.60. The summed E-state index contributed by atoms with van der Waals surface area (Å²) >= 11 is 0. The molecule has 3 aliphatic rings. The van der Waals surface area contributed by atoms with E-state index in [4.69, 9.17) is 18.9 Å². The van der Waals surface area contributed by atoms with E-state index >= 15 is 0 Å². The Morgan fingerprint density at radius 1 is 1.09 bits per heavy atom. The average molecular weight is 447 g/mol. The molecule has 0 bridgehead atoms. The van der Waals surface area contributed by atoms with Crippen LogP contribution < -0.4 is 5.32 Å². The van der Waals surface area contributed by atoms with Gasteiger partial charge in [-0.3, -0.25) is 9.89 Å². The number of aliphatic imine (C=N–C) groups is 1. The maximum absolute atomic E-state index is 6.28. The van der Waals surface area contributed by atoms with E-state index in [1.54, 1.807) is 6.26 Å². The maximum Gasteiger partial charge on any atom is 0.193 e. The summed E-state index contributed by atoms with van der Waals surface area (Å²) in [5.74, 6) is 2.87. The molecule has 1 N–H and O–H groups in total. The first kappa shape index (κ1) is 23.6. The summed E-state index contributed by atoms with van der Waals surface area (Å²) in [7, 11) is 0. The van der Waals surface area contributed by atoms with Gasteiger partial charge in [-0.1, -0.05) is 12.8 Å². The molecule has 7 heteroatoms. The normalized spacial score (nSPS) is 22.0. The molecule has 0 spiro atoms. The van der Waals surface area contributed by atoms with Gasteiger partial charge in [0.1, 0.15) is 5.76 Å². The highest BCUT2D eigenvalue weighted by molar-refractivity contribution is 5.80. The monoisotopic (exact) mass is 446 g/mol. The number of rotatable bonds is 10. The molecule has 32 heavy (non-hydrogen) atoms. The Kier molecular flexibility index (Phi) is 9.74. The van der Waals surface area contributed by atoms with Crippen LogP contribution in [-0.2, 0) is 15.9 Å². The lowest BCUT2D eigenvalue weighted by atomic mass is 10.1. The summed E-state index contributed by atoms with van der Waals surface area (Å²) in [4.78, 5) is 9.89. The van der Waals surface area contributed by atoms with Crippen LogP contribution in [0, 0.1) is 5.92 Å². The minimum atomic E-state index is 0.414. The van der Waals surface area contributed by atoms with Crippen LogP contribution in [0.5, 0.6) is 0 Å². The molecule has 3 fully saturated rings. The minimum absolute atomic E-state index is 0.414. The smallest absolute Gasteiger partial charge is 0.193 e. The highest BCUT2D eigenvalue weighted by Crippen LogP contribution is 2.26.